The fourth-order valence-electron chi connectivity index (χ4n) is 3.61. The maximum atomic E-state index is 10.6. The lowest BCUT2D eigenvalue weighted by atomic mass is 9.90. The van der Waals surface area contributed by atoms with Crippen LogP contribution in [0.4, 0.5) is 0 Å². The summed E-state index contributed by atoms with van der Waals surface area (Å²) in [4.78, 5) is 21.0. The van der Waals surface area contributed by atoms with Gasteiger partial charge in [0.1, 0.15) is 0 Å². The third-order valence-electron chi connectivity index (χ3n) is 5.74. The van der Waals surface area contributed by atoms with Gasteiger partial charge in [0.05, 0.1) is 24.0 Å². The molecule has 0 heterocycles. The van der Waals surface area contributed by atoms with Crippen molar-refractivity contribution in [2.45, 2.75) is 148 Å². The van der Waals surface area contributed by atoms with Crippen molar-refractivity contribution in [3.63, 3.8) is 0 Å². The second kappa shape index (κ2) is 19.5. The van der Waals surface area contributed by atoms with Crippen LogP contribution in [0.25, 0.3) is 0 Å². The third kappa shape index (κ3) is 23.4. The summed E-state index contributed by atoms with van der Waals surface area (Å²) >= 11 is 0. The molecule has 6 nitrogen and oxygen atoms in total. The van der Waals surface area contributed by atoms with Crippen LogP contribution in [0.3, 0.4) is 0 Å². The maximum absolute atomic E-state index is 10.6. The highest BCUT2D eigenvalue weighted by atomic mass is 16.4. The molecule has 0 aliphatic heterocycles. The molecule has 0 rings (SSSR count). The molecule has 0 saturated carbocycles. The lowest BCUT2D eigenvalue weighted by molar-refractivity contribution is -0.143. The average molecular weight is 447 g/mol. The number of rotatable bonds is 19. The van der Waals surface area contributed by atoms with E-state index in [1.165, 1.54) is 51.4 Å². The van der Waals surface area contributed by atoms with Gasteiger partial charge in [0.25, 0.3) is 0 Å². The molecular formula is C25H50O6. The molecule has 6 heteroatoms. The average Bonchev–Trinajstić information content (AvgIpc) is 2.66. The van der Waals surface area contributed by atoms with E-state index in [1.807, 2.05) is 6.92 Å². The van der Waals surface area contributed by atoms with Gasteiger partial charge < -0.3 is 20.4 Å². The largest absolute Gasteiger partial charge is 0.481 e. The Labute approximate surface area is 190 Å². The molecule has 0 fully saturated rings. The number of aliphatic hydroxyl groups is 2. The van der Waals surface area contributed by atoms with Crippen molar-refractivity contribution in [2.24, 2.45) is 0 Å². The number of hydrogen-bond acceptors (Lipinski definition) is 4. The fourth-order valence-corrected chi connectivity index (χ4v) is 3.61. The van der Waals surface area contributed by atoms with E-state index in [0.29, 0.717) is 19.3 Å². The highest BCUT2D eigenvalue weighted by Crippen LogP contribution is 2.23. The zero-order valence-electron chi connectivity index (χ0n) is 20.6. The van der Waals surface area contributed by atoms with Crippen LogP contribution in [0, 0.1) is 0 Å². The van der Waals surface area contributed by atoms with Gasteiger partial charge in [-0.05, 0) is 26.2 Å². The van der Waals surface area contributed by atoms with Crippen molar-refractivity contribution >= 4 is 11.9 Å². The van der Waals surface area contributed by atoms with Crippen LogP contribution in [0.1, 0.15) is 137 Å². The lowest BCUT2D eigenvalue weighted by Gasteiger charge is -2.24. The second-order valence-corrected chi connectivity index (χ2v) is 9.25. The summed E-state index contributed by atoms with van der Waals surface area (Å²) in [5.74, 6) is -1.83. The maximum Gasteiger partial charge on any atom is 0.306 e. The Bertz CT molecular complexity index is 449. The van der Waals surface area contributed by atoms with Crippen LogP contribution < -0.4 is 0 Å². The minimum Gasteiger partial charge on any atom is -0.481 e. The first-order valence-electron chi connectivity index (χ1n) is 12.4. The highest BCUT2D eigenvalue weighted by Gasteiger charge is 2.27. The summed E-state index contributed by atoms with van der Waals surface area (Å²) in [6, 6.07) is 0. The van der Waals surface area contributed by atoms with E-state index in [-0.39, 0.29) is 12.8 Å². The standard InChI is InChI=1S/C13H26O3.C12H24O3/c1-3-5-6-7-8-9-10-13(16,4-2)11-12(14)15;1-3-4-5-6-7-8-9-12(2,15)10-11(13)14/h16H,3-11H2,1-2H3,(H,14,15);15H,3-10H2,1-2H3,(H,13,14). The number of carbonyl (C=O) groups is 2. The van der Waals surface area contributed by atoms with Gasteiger partial charge in [0, 0.05) is 0 Å². The number of aliphatic carboxylic acids is 2. The molecule has 0 bridgehead atoms. The number of carboxylic acids is 2. The van der Waals surface area contributed by atoms with E-state index in [0.717, 1.165) is 25.7 Å². The van der Waals surface area contributed by atoms with Gasteiger partial charge in [0.2, 0.25) is 0 Å². The Morgan fingerprint density at radius 1 is 0.613 bits per heavy atom. The second-order valence-electron chi connectivity index (χ2n) is 9.25. The molecule has 0 saturated heterocycles. The van der Waals surface area contributed by atoms with E-state index in [4.69, 9.17) is 10.2 Å². The monoisotopic (exact) mass is 446 g/mol. The Hall–Kier alpha value is -1.14. The minimum atomic E-state index is -1.03. The predicted octanol–water partition coefficient (Wildman–Crippen LogP) is 6.32. The van der Waals surface area contributed by atoms with E-state index in [1.54, 1.807) is 6.92 Å². The summed E-state index contributed by atoms with van der Waals surface area (Å²) in [6.07, 6.45) is 15.4. The zero-order chi connectivity index (χ0) is 24.2. The van der Waals surface area contributed by atoms with E-state index in [9.17, 15) is 19.8 Å². The molecule has 0 spiro atoms. The Balaban J connectivity index is 0. The van der Waals surface area contributed by atoms with Crippen molar-refractivity contribution < 1.29 is 30.0 Å². The van der Waals surface area contributed by atoms with Crippen LogP contribution in [0.5, 0.6) is 0 Å². The summed E-state index contributed by atoms with van der Waals surface area (Å²) in [5.41, 5.74) is -2.02. The van der Waals surface area contributed by atoms with Gasteiger partial charge in [0.15, 0.2) is 0 Å². The molecule has 0 aromatic heterocycles. The van der Waals surface area contributed by atoms with Gasteiger partial charge in [-0.15, -0.1) is 0 Å². The van der Waals surface area contributed by atoms with E-state index < -0.39 is 23.1 Å². The normalized spacial score (nSPS) is 14.8. The number of hydrogen-bond donors (Lipinski definition) is 4. The van der Waals surface area contributed by atoms with Crippen molar-refractivity contribution in [1.82, 2.24) is 0 Å². The smallest absolute Gasteiger partial charge is 0.306 e. The van der Waals surface area contributed by atoms with Crippen molar-refractivity contribution in [3.8, 4) is 0 Å². The molecule has 0 aromatic carbocycles. The first-order valence-corrected chi connectivity index (χ1v) is 12.4. The Kier molecular flexibility index (Phi) is 20.2. The molecule has 0 amide bonds. The van der Waals surface area contributed by atoms with Gasteiger partial charge in [-0.2, -0.15) is 0 Å². The number of carboxylic acid groups (broad SMARTS) is 2. The molecule has 0 aromatic rings. The summed E-state index contributed by atoms with van der Waals surface area (Å²) < 4.78 is 0. The Morgan fingerprint density at radius 2 is 1.00 bits per heavy atom. The molecule has 0 aliphatic rings. The molecule has 4 N–H and O–H groups in total. The number of unbranched alkanes of at least 4 members (excludes halogenated alkanes) is 10. The van der Waals surface area contributed by atoms with E-state index >= 15 is 0 Å². The summed E-state index contributed by atoms with van der Waals surface area (Å²) in [6.45, 7) is 7.81. The fraction of sp³-hybridized carbons (Fsp3) is 0.920. The first-order chi connectivity index (χ1) is 14.5. The molecule has 0 aliphatic carbocycles. The molecule has 186 valence electrons. The SMILES string of the molecule is CCCCCCCCC(C)(O)CC(=O)O.CCCCCCCCC(O)(CC)CC(=O)O. The van der Waals surface area contributed by atoms with Crippen LogP contribution in [-0.2, 0) is 9.59 Å². The van der Waals surface area contributed by atoms with Crippen molar-refractivity contribution in [3.05, 3.63) is 0 Å². The van der Waals surface area contributed by atoms with Crippen LogP contribution in [-0.4, -0.2) is 43.6 Å². The molecule has 2 atom stereocenters. The van der Waals surface area contributed by atoms with Crippen molar-refractivity contribution in [1.29, 1.82) is 0 Å². The molecule has 31 heavy (non-hydrogen) atoms. The van der Waals surface area contributed by atoms with Crippen LogP contribution in [0.2, 0.25) is 0 Å². The third-order valence-corrected chi connectivity index (χ3v) is 5.74. The summed E-state index contributed by atoms with van der Waals surface area (Å²) in [5, 5.41) is 37.0. The van der Waals surface area contributed by atoms with Crippen molar-refractivity contribution in [2.75, 3.05) is 0 Å². The molecular weight excluding hydrogens is 396 g/mol. The van der Waals surface area contributed by atoms with Crippen LogP contribution >= 0.6 is 0 Å². The minimum absolute atomic E-state index is 0.127. The topological polar surface area (TPSA) is 115 Å². The molecule has 2 unspecified atom stereocenters. The highest BCUT2D eigenvalue weighted by molar-refractivity contribution is 5.68. The van der Waals surface area contributed by atoms with Gasteiger partial charge >= 0.3 is 11.9 Å². The quantitative estimate of drug-likeness (QED) is 0.173. The predicted molar refractivity (Wildman–Crippen MR) is 126 cm³/mol. The lowest BCUT2D eigenvalue weighted by Crippen LogP contribution is -2.30. The first kappa shape index (κ1) is 32.0. The molecule has 0 radical (unpaired) electrons. The van der Waals surface area contributed by atoms with E-state index in [2.05, 4.69) is 13.8 Å². The van der Waals surface area contributed by atoms with Gasteiger partial charge in [-0.1, -0.05) is 97.8 Å². The van der Waals surface area contributed by atoms with Crippen LogP contribution in [0.15, 0.2) is 0 Å². The van der Waals surface area contributed by atoms with Gasteiger partial charge in [-0.25, -0.2) is 0 Å². The van der Waals surface area contributed by atoms with Gasteiger partial charge in [-0.3, -0.25) is 9.59 Å². The zero-order valence-corrected chi connectivity index (χ0v) is 20.6. The Morgan fingerprint density at radius 3 is 1.39 bits per heavy atom. The summed E-state index contributed by atoms with van der Waals surface area (Å²) in [7, 11) is 0.